The highest BCUT2D eigenvalue weighted by atomic mass is 16.3. The first-order valence-corrected chi connectivity index (χ1v) is 35.9. The van der Waals surface area contributed by atoms with Crippen molar-refractivity contribution in [1.29, 1.82) is 0 Å². The van der Waals surface area contributed by atoms with Crippen LogP contribution in [0.1, 0.15) is 135 Å². The Morgan fingerprint density at radius 3 is 1.22 bits per heavy atom. The molecule has 0 aliphatic carbocycles. The first-order valence-electron chi connectivity index (χ1n) is 46.9. The molecule has 0 saturated carbocycles. The molecule has 0 atom stereocenters. The van der Waals surface area contributed by atoms with Crippen LogP contribution in [0.25, 0.3) is 121 Å². The van der Waals surface area contributed by atoms with Crippen molar-refractivity contribution in [3.05, 3.63) is 319 Å². The van der Waals surface area contributed by atoms with Gasteiger partial charge in [0.1, 0.15) is 11.2 Å². The molecule has 0 unspecified atom stereocenters. The summed E-state index contributed by atoms with van der Waals surface area (Å²) in [6.45, 7) is 23.6. The van der Waals surface area contributed by atoms with E-state index in [-0.39, 0.29) is 66.1 Å². The van der Waals surface area contributed by atoms with E-state index in [1.54, 1.807) is 0 Å². The quantitative estimate of drug-likeness (QED) is 0.142. The number of anilines is 6. The average molecular weight is 1390 g/mol. The van der Waals surface area contributed by atoms with Crippen LogP contribution in [0.5, 0.6) is 0 Å². The molecule has 106 heavy (non-hydrogen) atoms. The van der Waals surface area contributed by atoms with E-state index < -0.39 is 184 Å². The topological polar surface area (TPSA) is 29.5 Å². The zero-order valence-corrected chi connectivity index (χ0v) is 60.9. The van der Waals surface area contributed by atoms with E-state index in [1.807, 2.05) is 131 Å². The summed E-state index contributed by atoms with van der Waals surface area (Å²) in [5, 5.41) is 0.0716. The number of furan rings is 1. The van der Waals surface area contributed by atoms with Gasteiger partial charge in [0.25, 0.3) is 6.71 Å². The summed E-state index contributed by atoms with van der Waals surface area (Å²) in [6, 6.07) is 37.5. The Balaban J connectivity index is 1.10. The summed E-state index contributed by atoms with van der Waals surface area (Å²) in [5.74, 6) is 0. The average Bonchev–Trinajstić information content (AvgIpc) is 0.987. The minimum absolute atomic E-state index is 0.167. The lowest BCUT2D eigenvalue weighted by molar-refractivity contribution is 0.590. The highest BCUT2D eigenvalue weighted by Gasteiger charge is 2.46. The molecule has 0 bridgehead atoms. The lowest BCUT2D eigenvalue weighted by atomic mass is 9.33. The molecule has 5 nitrogen and oxygen atoms in total. The van der Waals surface area contributed by atoms with Crippen LogP contribution >= 0.6 is 0 Å². The summed E-state index contributed by atoms with van der Waals surface area (Å²) in [6.07, 6.45) is 0. The third-order valence-corrected chi connectivity index (χ3v) is 21.3. The number of benzene rings is 14. The first kappa shape index (κ1) is 45.4. The van der Waals surface area contributed by atoms with Gasteiger partial charge in [0.05, 0.1) is 63.6 Å². The molecule has 17 aromatic rings. The Bertz CT molecular complexity index is 7590. The van der Waals surface area contributed by atoms with Crippen molar-refractivity contribution in [1.82, 2.24) is 9.13 Å². The fourth-order valence-electron chi connectivity index (χ4n) is 15.7. The summed E-state index contributed by atoms with van der Waals surface area (Å²) in [4.78, 5) is 3.73. The zero-order chi connectivity index (χ0) is 91.6. The molecular weight excluding hydrogens is 1280 g/mol. The Morgan fingerprint density at radius 1 is 0.302 bits per heavy atom. The maximum absolute atomic E-state index is 11.9. The number of para-hydroxylation sites is 5. The van der Waals surface area contributed by atoms with Crippen LogP contribution in [-0.2, 0) is 21.7 Å². The molecule has 0 saturated heterocycles. The minimum Gasteiger partial charge on any atom is -0.456 e. The van der Waals surface area contributed by atoms with Gasteiger partial charge in [-0.1, -0.05) is 277 Å². The number of hydrogen-bond donors (Lipinski definition) is 0. The predicted octanol–water partition coefficient (Wildman–Crippen LogP) is 25.7. The maximum atomic E-state index is 11.9. The Labute approximate surface area is 653 Å². The Morgan fingerprint density at radius 2 is 0.717 bits per heavy atom. The lowest BCUT2D eigenvalue weighted by Gasteiger charge is -2.46. The summed E-state index contributed by atoms with van der Waals surface area (Å²) < 4.78 is 230. The highest BCUT2D eigenvalue weighted by Crippen LogP contribution is 2.55. The lowest BCUT2D eigenvalue weighted by Crippen LogP contribution is -2.61. The van der Waals surface area contributed by atoms with Crippen molar-refractivity contribution < 1.29 is 34.6 Å². The van der Waals surface area contributed by atoms with Crippen LogP contribution in [0.15, 0.2) is 301 Å². The van der Waals surface area contributed by atoms with Crippen molar-refractivity contribution in [2.45, 2.75) is 105 Å². The second kappa shape index (κ2) is 23.8. The molecule has 3 aromatic heterocycles. The van der Waals surface area contributed by atoms with Crippen LogP contribution in [0, 0.1) is 0 Å². The molecule has 0 N–H and O–H groups in total. The number of aromatic nitrogens is 2. The largest absolute Gasteiger partial charge is 0.456 e. The standard InChI is InChI=1S/C100H85BN4O/c1-97(2,3)67-43-38-63(39-44-67)79-58-70(100(10,11)12)59-80(64-40-45-68(46-41-64)98(4,5)6)96(79)105-90-61-72(103-86-35-23-18-30-75(86)76-31-19-24-36-87(76)103)49-51-83(90)101-82-50-48-71(102-84-33-21-16-28-73(84)74-29-17-22-34-85(74)102)60-89(82)104(88-52-47-69(99(7,8)9)57-78(88)62-26-14-13-15-27-62)91-55-66(56-92(105)95(91)101)65-42-53-94-81(54-65)77-32-20-25-37-93(77)106-94/h13-61H,1-12H3/i16D,17D,18D,19D,21D,22D,23D,24D,28D,29D,30D,31D,33D,34D,35D,36D,48D,49D,50D,51D,60D,61D. The van der Waals surface area contributed by atoms with Crippen LogP contribution in [-0.4, -0.2) is 15.8 Å². The van der Waals surface area contributed by atoms with Gasteiger partial charge in [-0.05, 0) is 191 Å². The van der Waals surface area contributed by atoms with Crippen molar-refractivity contribution in [2.75, 3.05) is 9.80 Å². The molecule has 14 aromatic carbocycles. The van der Waals surface area contributed by atoms with Gasteiger partial charge >= 0.3 is 0 Å². The van der Waals surface area contributed by atoms with E-state index in [0.29, 0.717) is 72.5 Å². The van der Waals surface area contributed by atoms with Crippen LogP contribution < -0.4 is 26.2 Å². The summed E-state index contributed by atoms with van der Waals surface area (Å²) in [7, 11) is 0. The molecule has 514 valence electrons. The molecule has 2 aliphatic rings. The predicted molar refractivity (Wildman–Crippen MR) is 453 cm³/mol. The number of fused-ring (bicyclic) bond motifs is 13. The van der Waals surface area contributed by atoms with E-state index in [4.69, 9.17) is 7.16 Å². The Kier molecular flexibility index (Phi) is 10.2. The third-order valence-electron chi connectivity index (χ3n) is 21.3. The van der Waals surface area contributed by atoms with E-state index in [9.17, 15) is 27.4 Å². The second-order valence-corrected chi connectivity index (χ2v) is 32.1. The fraction of sp³-hybridized carbons (Fsp3) is 0.160. The van der Waals surface area contributed by atoms with Crippen molar-refractivity contribution in [3.63, 3.8) is 0 Å². The van der Waals surface area contributed by atoms with E-state index in [1.165, 1.54) is 0 Å². The normalized spacial score (nSPS) is 16.1. The van der Waals surface area contributed by atoms with Gasteiger partial charge in [0.15, 0.2) is 0 Å². The number of nitrogens with zero attached hydrogens (tertiary/aromatic N) is 4. The zero-order valence-electron chi connectivity index (χ0n) is 82.9. The second-order valence-electron chi connectivity index (χ2n) is 32.1. The van der Waals surface area contributed by atoms with E-state index in [0.717, 1.165) is 42.2 Å². The van der Waals surface area contributed by atoms with Crippen molar-refractivity contribution in [3.8, 4) is 55.9 Å². The SMILES string of the molecule is [2H]c1c([2H])c(-n2c3c([2H])c([2H])c([2H])c([2H])c3c3c([2H])c([2H])c([2H])c([2H])c32)c([2H])c2c1B1c3c(cc(-c4ccc5oc6ccccc6c5c4)cc3N(c3c(-c4ccc(C(C)(C)C)cc4)cc(C(C)(C)C)cc3-c3ccc(C(C)(C)C)cc3)c3c([2H])c(-n4c5c([2H])c([2H])c([2H])c([2H])c5c5c([2H])c([2H])c([2H])c([2H])c54)c([2H])c([2H])c31)N2c1ccc(C(C)(C)C)cc1-c1ccccc1. The molecule has 19 rings (SSSR count). The summed E-state index contributed by atoms with van der Waals surface area (Å²) in [5.41, 5.74) is 5.89. The van der Waals surface area contributed by atoms with Gasteiger partial charge in [0, 0.05) is 83.1 Å². The molecule has 0 fully saturated rings. The van der Waals surface area contributed by atoms with Gasteiger partial charge in [-0.25, -0.2) is 0 Å². The maximum Gasteiger partial charge on any atom is 0.252 e. The molecule has 2 aliphatic heterocycles. The number of hydrogen-bond acceptors (Lipinski definition) is 3. The van der Waals surface area contributed by atoms with Gasteiger partial charge < -0.3 is 23.4 Å². The third kappa shape index (κ3) is 10.4. The van der Waals surface area contributed by atoms with Gasteiger partial charge in [-0.3, -0.25) is 0 Å². The van der Waals surface area contributed by atoms with E-state index >= 15 is 0 Å². The van der Waals surface area contributed by atoms with Crippen LogP contribution in [0.3, 0.4) is 0 Å². The highest BCUT2D eigenvalue weighted by molar-refractivity contribution is 7.00. The van der Waals surface area contributed by atoms with Crippen LogP contribution in [0.2, 0.25) is 0 Å². The van der Waals surface area contributed by atoms with E-state index in [2.05, 4.69) is 126 Å². The monoisotopic (exact) mass is 1390 g/mol. The smallest absolute Gasteiger partial charge is 0.252 e. The van der Waals surface area contributed by atoms with Crippen molar-refractivity contribution >= 4 is 123 Å². The molecular formula is C100H85BN4O. The van der Waals surface area contributed by atoms with Crippen LogP contribution in [0.4, 0.5) is 34.1 Å². The molecule has 0 radical (unpaired) electrons. The van der Waals surface area contributed by atoms with Gasteiger partial charge in [-0.2, -0.15) is 0 Å². The number of rotatable bonds is 8. The van der Waals surface area contributed by atoms with Gasteiger partial charge in [0.2, 0.25) is 0 Å². The summed E-state index contributed by atoms with van der Waals surface area (Å²) >= 11 is 0. The molecule has 5 heterocycles. The first-order chi connectivity index (χ1) is 60.3. The molecule has 6 heteroatoms. The fourth-order valence-corrected chi connectivity index (χ4v) is 15.7. The van der Waals surface area contributed by atoms with Crippen molar-refractivity contribution in [2.24, 2.45) is 0 Å². The van der Waals surface area contributed by atoms with Gasteiger partial charge in [-0.15, -0.1) is 0 Å². The Hall–Kier alpha value is -11.9. The molecule has 0 spiro atoms. The molecule has 0 amide bonds. The minimum atomic E-state index is -1.68.